The molecule has 1 aromatic heterocycles. The Kier molecular flexibility index (Phi) is 4.39. The van der Waals surface area contributed by atoms with Crippen molar-refractivity contribution in [3.05, 3.63) is 20.8 Å². The van der Waals surface area contributed by atoms with Gasteiger partial charge in [-0.2, -0.15) is 5.26 Å². The molecule has 0 N–H and O–H groups in total. The first kappa shape index (κ1) is 12.1. The second-order valence-corrected chi connectivity index (χ2v) is 6.05. The van der Waals surface area contributed by atoms with Gasteiger partial charge in [-0.3, -0.25) is 4.90 Å². The molecular formula is C12H15BrN2S. The molecule has 1 saturated carbocycles. The van der Waals surface area contributed by atoms with E-state index in [2.05, 4.69) is 38.3 Å². The molecule has 0 amide bonds. The van der Waals surface area contributed by atoms with E-state index in [0.29, 0.717) is 12.6 Å². The lowest BCUT2D eigenvalue weighted by atomic mass is 10.2. The second kappa shape index (κ2) is 5.81. The van der Waals surface area contributed by atoms with Crippen molar-refractivity contribution in [1.29, 1.82) is 5.26 Å². The average Bonchev–Trinajstić information content (AvgIpc) is 2.90. The predicted molar refractivity (Wildman–Crippen MR) is 70.3 cm³/mol. The summed E-state index contributed by atoms with van der Waals surface area (Å²) in [5, 5.41) is 11.0. The van der Waals surface area contributed by atoms with Gasteiger partial charge in [0.1, 0.15) is 0 Å². The van der Waals surface area contributed by atoms with Crippen molar-refractivity contribution in [2.24, 2.45) is 0 Å². The Hall–Kier alpha value is -0.370. The highest BCUT2D eigenvalue weighted by atomic mass is 79.9. The molecule has 4 heteroatoms. The molecule has 1 fully saturated rings. The fourth-order valence-corrected chi connectivity index (χ4v) is 3.80. The first-order chi connectivity index (χ1) is 7.81. The number of thiophene rings is 1. The van der Waals surface area contributed by atoms with E-state index in [1.54, 1.807) is 11.3 Å². The van der Waals surface area contributed by atoms with E-state index in [0.717, 1.165) is 6.54 Å². The molecule has 2 nitrogen and oxygen atoms in total. The van der Waals surface area contributed by atoms with Crippen LogP contribution in [0.25, 0.3) is 0 Å². The Morgan fingerprint density at radius 2 is 2.25 bits per heavy atom. The monoisotopic (exact) mass is 298 g/mol. The fraction of sp³-hybridized carbons (Fsp3) is 0.583. The van der Waals surface area contributed by atoms with Crippen LogP contribution in [0.4, 0.5) is 0 Å². The van der Waals surface area contributed by atoms with E-state index in [-0.39, 0.29) is 0 Å². The van der Waals surface area contributed by atoms with Crippen LogP contribution >= 0.6 is 27.3 Å². The normalized spacial score (nSPS) is 16.8. The maximum absolute atomic E-state index is 8.89. The molecule has 0 spiro atoms. The van der Waals surface area contributed by atoms with Crippen LogP contribution in [0.3, 0.4) is 0 Å². The van der Waals surface area contributed by atoms with Gasteiger partial charge in [-0.25, -0.2) is 0 Å². The van der Waals surface area contributed by atoms with E-state index in [4.69, 9.17) is 5.26 Å². The third kappa shape index (κ3) is 2.85. The molecule has 0 radical (unpaired) electrons. The summed E-state index contributed by atoms with van der Waals surface area (Å²) in [5.74, 6) is 0. The number of nitrogens with zero attached hydrogens (tertiary/aromatic N) is 2. The summed E-state index contributed by atoms with van der Waals surface area (Å²) in [6.45, 7) is 1.46. The Balaban J connectivity index is 2.02. The van der Waals surface area contributed by atoms with Gasteiger partial charge < -0.3 is 0 Å². The van der Waals surface area contributed by atoms with Crippen molar-refractivity contribution >= 4 is 27.3 Å². The maximum Gasteiger partial charge on any atom is 0.0871 e. The van der Waals surface area contributed by atoms with Crippen molar-refractivity contribution in [3.8, 4) is 6.07 Å². The fourth-order valence-electron chi connectivity index (χ4n) is 2.30. The molecule has 1 aliphatic carbocycles. The van der Waals surface area contributed by atoms with Crippen LogP contribution in [-0.4, -0.2) is 17.5 Å². The van der Waals surface area contributed by atoms with Gasteiger partial charge >= 0.3 is 0 Å². The van der Waals surface area contributed by atoms with E-state index < -0.39 is 0 Å². The highest BCUT2D eigenvalue weighted by molar-refractivity contribution is 9.10. The third-order valence-electron chi connectivity index (χ3n) is 3.15. The zero-order valence-corrected chi connectivity index (χ0v) is 11.6. The summed E-state index contributed by atoms with van der Waals surface area (Å²) >= 11 is 5.32. The first-order valence-electron chi connectivity index (χ1n) is 5.64. The molecule has 0 saturated heterocycles. The number of halogens is 1. The molecule has 0 unspecified atom stereocenters. The van der Waals surface area contributed by atoms with Crippen LogP contribution in [-0.2, 0) is 6.54 Å². The Morgan fingerprint density at radius 3 is 2.81 bits per heavy atom. The van der Waals surface area contributed by atoms with Crippen LogP contribution in [0.2, 0.25) is 0 Å². The summed E-state index contributed by atoms with van der Waals surface area (Å²) < 4.78 is 1.18. The van der Waals surface area contributed by atoms with Crippen LogP contribution in [0, 0.1) is 11.3 Å². The van der Waals surface area contributed by atoms with E-state index in [9.17, 15) is 0 Å². The van der Waals surface area contributed by atoms with Crippen molar-refractivity contribution in [3.63, 3.8) is 0 Å². The third-order valence-corrected chi connectivity index (χ3v) is 5.06. The molecular weight excluding hydrogens is 284 g/mol. The van der Waals surface area contributed by atoms with Crippen molar-refractivity contribution in [1.82, 2.24) is 4.90 Å². The van der Waals surface area contributed by atoms with Crippen molar-refractivity contribution < 1.29 is 0 Å². The van der Waals surface area contributed by atoms with Crippen LogP contribution in [0.5, 0.6) is 0 Å². The summed E-state index contributed by atoms with van der Waals surface area (Å²) in [6.07, 6.45) is 5.14. The van der Waals surface area contributed by atoms with Gasteiger partial charge in [-0.1, -0.05) is 12.8 Å². The molecule has 0 aliphatic heterocycles. The van der Waals surface area contributed by atoms with Crippen LogP contribution < -0.4 is 0 Å². The average molecular weight is 299 g/mol. The van der Waals surface area contributed by atoms with E-state index >= 15 is 0 Å². The molecule has 1 heterocycles. The van der Waals surface area contributed by atoms with Gasteiger partial charge in [0.25, 0.3) is 0 Å². The summed E-state index contributed by atoms with van der Waals surface area (Å²) in [7, 11) is 0. The van der Waals surface area contributed by atoms with E-state index in [1.165, 1.54) is 35.0 Å². The number of hydrogen-bond donors (Lipinski definition) is 0. The second-order valence-electron chi connectivity index (χ2n) is 4.19. The minimum absolute atomic E-state index is 0.551. The molecule has 0 aromatic carbocycles. The predicted octanol–water partition coefficient (Wildman–Crippen LogP) is 3.78. The van der Waals surface area contributed by atoms with Crippen LogP contribution in [0.15, 0.2) is 15.9 Å². The highest BCUT2D eigenvalue weighted by Crippen LogP contribution is 2.28. The molecule has 16 heavy (non-hydrogen) atoms. The zero-order valence-electron chi connectivity index (χ0n) is 9.16. The minimum atomic E-state index is 0.551. The minimum Gasteiger partial charge on any atom is -0.282 e. The molecule has 86 valence electrons. The molecule has 1 aromatic rings. The standard InChI is InChI=1S/C12H15BrN2S/c13-11-5-8-16-12(11)9-15(7-6-14)10-3-1-2-4-10/h5,8,10H,1-4,7,9H2. The molecule has 1 aliphatic rings. The maximum atomic E-state index is 8.89. The Labute approximate surface area is 109 Å². The zero-order chi connectivity index (χ0) is 11.4. The number of nitriles is 1. The number of hydrogen-bond acceptors (Lipinski definition) is 3. The van der Waals surface area contributed by atoms with Gasteiger partial charge in [0.15, 0.2) is 0 Å². The van der Waals surface area contributed by atoms with Gasteiger partial charge in [0, 0.05) is 21.9 Å². The Morgan fingerprint density at radius 1 is 1.50 bits per heavy atom. The summed E-state index contributed by atoms with van der Waals surface area (Å²) in [4.78, 5) is 3.66. The topological polar surface area (TPSA) is 27.0 Å². The lowest BCUT2D eigenvalue weighted by molar-refractivity contribution is 0.215. The van der Waals surface area contributed by atoms with Crippen LogP contribution in [0.1, 0.15) is 30.6 Å². The largest absolute Gasteiger partial charge is 0.282 e. The van der Waals surface area contributed by atoms with Gasteiger partial charge in [-0.15, -0.1) is 11.3 Å². The molecule has 2 rings (SSSR count). The number of rotatable bonds is 4. The smallest absolute Gasteiger partial charge is 0.0871 e. The summed E-state index contributed by atoms with van der Waals surface area (Å²) in [6, 6.07) is 4.99. The van der Waals surface area contributed by atoms with Gasteiger partial charge in [-0.05, 0) is 40.2 Å². The quantitative estimate of drug-likeness (QED) is 0.791. The lowest BCUT2D eigenvalue weighted by Crippen LogP contribution is -2.32. The van der Waals surface area contributed by atoms with Gasteiger partial charge in [0.05, 0.1) is 12.6 Å². The van der Waals surface area contributed by atoms with Crippen molar-refractivity contribution in [2.45, 2.75) is 38.3 Å². The summed E-state index contributed by atoms with van der Waals surface area (Å²) in [5.41, 5.74) is 0. The van der Waals surface area contributed by atoms with Crippen molar-refractivity contribution in [2.75, 3.05) is 6.54 Å². The highest BCUT2D eigenvalue weighted by Gasteiger charge is 2.23. The Bertz CT molecular complexity index is 377. The SMILES string of the molecule is N#CCN(Cc1sccc1Br)C1CCCC1. The lowest BCUT2D eigenvalue weighted by Gasteiger charge is -2.25. The first-order valence-corrected chi connectivity index (χ1v) is 7.31. The molecule has 0 bridgehead atoms. The molecule has 0 atom stereocenters. The van der Waals surface area contributed by atoms with Gasteiger partial charge in [0.2, 0.25) is 0 Å². The van der Waals surface area contributed by atoms with E-state index in [1.807, 2.05) is 0 Å².